The Morgan fingerprint density at radius 2 is 1.88 bits per heavy atom. The lowest BCUT2D eigenvalue weighted by Crippen LogP contribution is -2.28. The molecule has 3 aromatic rings. The van der Waals surface area contributed by atoms with Gasteiger partial charge in [-0.15, -0.1) is 0 Å². The van der Waals surface area contributed by atoms with E-state index in [4.69, 9.17) is 4.74 Å². The first-order chi connectivity index (χ1) is 12.1. The topological polar surface area (TPSA) is 75.3 Å². The molecular formula is C19H19N3O3. The second kappa shape index (κ2) is 7.17. The van der Waals surface area contributed by atoms with Crippen molar-refractivity contribution < 1.29 is 9.53 Å². The second-order valence-electron chi connectivity index (χ2n) is 5.65. The molecule has 0 bridgehead atoms. The van der Waals surface area contributed by atoms with Crippen molar-refractivity contribution in [1.29, 1.82) is 0 Å². The van der Waals surface area contributed by atoms with E-state index < -0.39 is 0 Å². The number of aromatic nitrogens is 2. The lowest BCUT2D eigenvalue weighted by atomic mass is 10.2. The van der Waals surface area contributed by atoms with Gasteiger partial charge in [0.25, 0.3) is 11.5 Å². The van der Waals surface area contributed by atoms with Gasteiger partial charge in [-0.3, -0.25) is 9.59 Å². The van der Waals surface area contributed by atoms with Gasteiger partial charge in [0.1, 0.15) is 11.6 Å². The minimum Gasteiger partial charge on any atom is -0.494 e. The molecule has 6 nitrogen and oxygen atoms in total. The molecule has 0 aliphatic carbocycles. The molecule has 3 rings (SSSR count). The Morgan fingerprint density at radius 1 is 1.16 bits per heavy atom. The van der Waals surface area contributed by atoms with E-state index in [0.29, 0.717) is 28.9 Å². The molecule has 128 valence electrons. The Labute approximate surface area is 145 Å². The monoisotopic (exact) mass is 337 g/mol. The highest BCUT2D eigenvalue weighted by Gasteiger charge is 2.14. The zero-order chi connectivity index (χ0) is 17.8. The van der Waals surface area contributed by atoms with E-state index in [9.17, 15) is 9.59 Å². The molecule has 25 heavy (non-hydrogen) atoms. The fourth-order valence-corrected chi connectivity index (χ4v) is 2.59. The molecule has 1 aromatic heterocycles. The summed E-state index contributed by atoms with van der Waals surface area (Å²) in [7, 11) is 1.67. The number of aromatic amines is 1. The number of rotatable bonds is 5. The first-order valence-corrected chi connectivity index (χ1v) is 8.04. The van der Waals surface area contributed by atoms with Crippen LogP contribution >= 0.6 is 0 Å². The number of fused-ring (bicyclic) bond motifs is 1. The smallest absolute Gasteiger partial charge is 0.258 e. The number of amides is 1. The van der Waals surface area contributed by atoms with Gasteiger partial charge in [0.05, 0.1) is 24.1 Å². The summed E-state index contributed by atoms with van der Waals surface area (Å²) in [6.07, 6.45) is 0. The third kappa shape index (κ3) is 3.68. The van der Waals surface area contributed by atoms with Crippen molar-refractivity contribution in [2.24, 2.45) is 0 Å². The average Bonchev–Trinajstić information content (AvgIpc) is 2.62. The van der Waals surface area contributed by atoms with Crippen molar-refractivity contribution in [3.05, 3.63) is 70.3 Å². The average molecular weight is 337 g/mol. The molecule has 0 fully saturated rings. The largest absolute Gasteiger partial charge is 0.494 e. The summed E-state index contributed by atoms with van der Waals surface area (Å²) < 4.78 is 5.38. The van der Waals surface area contributed by atoms with Crippen LogP contribution in [0.15, 0.2) is 53.3 Å². The molecule has 0 saturated heterocycles. The normalized spacial score (nSPS) is 10.6. The number of hydrogen-bond acceptors (Lipinski definition) is 4. The number of benzene rings is 2. The molecule has 1 amide bonds. The molecule has 0 unspecified atom stereocenters. The molecule has 1 N–H and O–H groups in total. The van der Waals surface area contributed by atoms with E-state index in [2.05, 4.69) is 9.97 Å². The van der Waals surface area contributed by atoms with Crippen molar-refractivity contribution in [2.75, 3.05) is 13.7 Å². The zero-order valence-corrected chi connectivity index (χ0v) is 14.2. The summed E-state index contributed by atoms with van der Waals surface area (Å²) >= 11 is 0. The quantitative estimate of drug-likeness (QED) is 0.776. The van der Waals surface area contributed by atoms with Crippen LogP contribution < -0.4 is 10.3 Å². The van der Waals surface area contributed by atoms with Crippen LogP contribution in [0.3, 0.4) is 0 Å². The van der Waals surface area contributed by atoms with Crippen LogP contribution in [0.2, 0.25) is 0 Å². The lowest BCUT2D eigenvalue weighted by Gasteiger charge is -2.17. The highest BCUT2D eigenvalue weighted by Crippen LogP contribution is 2.14. The summed E-state index contributed by atoms with van der Waals surface area (Å²) in [5.74, 6) is 1.02. The second-order valence-corrected chi connectivity index (χ2v) is 5.65. The van der Waals surface area contributed by atoms with Crippen molar-refractivity contribution in [3.8, 4) is 5.75 Å². The Balaban J connectivity index is 1.78. The van der Waals surface area contributed by atoms with Gasteiger partial charge in [-0.05, 0) is 43.3 Å². The van der Waals surface area contributed by atoms with Gasteiger partial charge >= 0.3 is 0 Å². The van der Waals surface area contributed by atoms with Crippen LogP contribution in [0.25, 0.3) is 10.9 Å². The zero-order valence-electron chi connectivity index (χ0n) is 14.2. The molecule has 2 aromatic carbocycles. The molecule has 0 aliphatic heterocycles. The number of carbonyl (C=O) groups is 1. The van der Waals surface area contributed by atoms with Crippen molar-refractivity contribution in [1.82, 2.24) is 14.9 Å². The predicted octanol–water partition coefficient (Wildman–Crippen LogP) is 2.59. The molecule has 6 heteroatoms. The summed E-state index contributed by atoms with van der Waals surface area (Å²) in [6.45, 7) is 2.70. The number of para-hydroxylation sites is 1. The lowest BCUT2D eigenvalue weighted by molar-refractivity contribution is 0.0781. The van der Waals surface area contributed by atoms with Gasteiger partial charge < -0.3 is 14.6 Å². The van der Waals surface area contributed by atoms with Crippen molar-refractivity contribution in [3.63, 3.8) is 0 Å². The Bertz CT molecular complexity index is 948. The van der Waals surface area contributed by atoms with Gasteiger partial charge in [-0.2, -0.15) is 0 Å². The van der Waals surface area contributed by atoms with E-state index in [1.807, 2.05) is 13.0 Å². The molecule has 1 heterocycles. The molecule has 0 saturated carbocycles. The van der Waals surface area contributed by atoms with Crippen LogP contribution in [0.5, 0.6) is 5.75 Å². The van der Waals surface area contributed by atoms with Gasteiger partial charge in [-0.1, -0.05) is 12.1 Å². The van der Waals surface area contributed by atoms with Crippen molar-refractivity contribution >= 4 is 16.8 Å². The van der Waals surface area contributed by atoms with Gasteiger partial charge in [0.2, 0.25) is 0 Å². The fourth-order valence-electron chi connectivity index (χ4n) is 2.59. The predicted molar refractivity (Wildman–Crippen MR) is 95.8 cm³/mol. The summed E-state index contributed by atoms with van der Waals surface area (Å²) in [5.41, 5.74) is 0.958. The van der Waals surface area contributed by atoms with Crippen LogP contribution in [-0.2, 0) is 6.54 Å². The van der Waals surface area contributed by atoms with E-state index >= 15 is 0 Å². The molecular weight excluding hydrogens is 318 g/mol. The first-order valence-electron chi connectivity index (χ1n) is 8.04. The molecule has 0 spiro atoms. The first kappa shape index (κ1) is 16.7. The maximum Gasteiger partial charge on any atom is 0.258 e. The van der Waals surface area contributed by atoms with Crippen LogP contribution in [0.4, 0.5) is 0 Å². The Kier molecular flexibility index (Phi) is 4.79. The summed E-state index contributed by atoms with van der Waals surface area (Å²) in [5, 5.41) is 0.534. The van der Waals surface area contributed by atoms with E-state index in [1.165, 1.54) is 4.90 Å². The number of nitrogens with zero attached hydrogens (tertiary/aromatic N) is 2. The maximum absolute atomic E-state index is 12.5. The van der Waals surface area contributed by atoms with Gasteiger partial charge in [-0.25, -0.2) is 4.98 Å². The third-order valence-electron chi connectivity index (χ3n) is 3.81. The SMILES string of the molecule is CCOc1ccc(C(=O)N(C)Cc2nc3ccccc3c(=O)[nH]2)cc1. The van der Waals surface area contributed by atoms with E-state index in [-0.39, 0.29) is 18.0 Å². The highest BCUT2D eigenvalue weighted by molar-refractivity contribution is 5.94. The highest BCUT2D eigenvalue weighted by atomic mass is 16.5. The minimum atomic E-state index is -0.206. The Morgan fingerprint density at radius 3 is 2.60 bits per heavy atom. The number of ether oxygens (including phenoxy) is 1. The van der Waals surface area contributed by atoms with Crippen LogP contribution in [-0.4, -0.2) is 34.4 Å². The molecule has 0 atom stereocenters. The maximum atomic E-state index is 12.5. The minimum absolute atomic E-state index is 0.154. The van der Waals surface area contributed by atoms with Gasteiger partial charge in [0.15, 0.2) is 0 Å². The molecule has 0 aliphatic rings. The number of nitrogens with one attached hydrogen (secondary N) is 1. The number of H-pyrrole nitrogens is 1. The van der Waals surface area contributed by atoms with E-state index in [1.54, 1.807) is 49.5 Å². The Hall–Kier alpha value is -3.15. The standard InChI is InChI=1S/C19H19N3O3/c1-3-25-14-10-8-13(9-11-14)19(24)22(2)12-17-20-16-7-5-4-6-15(16)18(23)21-17/h4-11H,3,12H2,1-2H3,(H,20,21,23). The number of hydrogen-bond donors (Lipinski definition) is 1. The van der Waals surface area contributed by atoms with Gasteiger partial charge in [0, 0.05) is 12.6 Å². The summed E-state index contributed by atoms with van der Waals surface area (Å²) in [6, 6.07) is 14.1. The van der Waals surface area contributed by atoms with Crippen LogP contribution in [0, 0.1) is 0 Å². The summed E-state index contributed by atoms with van der Waals surface area (Å²) in [4.78, 5) is 33.3. The molecule has 0 radical (unpaired) electrons. The van der Waals surface area contributed by atoms with Crippen molar-refractivity contribution in [2.45, 2.75) is 13.5 Å². The third-order valence-corrected chi connectivity index (χ3v) is 3.81. The fraction of sp³-hybridized carbons (Fsp3) is 0.211. The van der Waals surface area contributed by atoms with E-state index in [0.717, 1.165) is 5.75 Å². The number of carbonyl (C=O) groups excluding carboxylic acids is 1. The van der Waals surface area contributed by atoms with Crippen LogP contribution in [0.1, 0.15) is 23.1 Å².